The van der Waals surface area contributed by atoms with Crippen LogP contribution in [0.25, 0.3) is 6.08 Å². The molecule has 2 amide bonds. The Morgan fingerprint density at radius 2 is 1.39 bits per heavy atom. The number of halogens is 1. The Kier molecular flexibility index (Phi) is 10.3. The van der Waals surface area contributed by atoms with Gasteiger partial charge in [0.2, 0.25) is 11.8 Å². The molecule has 0 atom stereocenters. The van der Waals surface area contributed by atoms with Gasteiger partial charge in [-0.2, -0.15) is 0 Å². The first-order valence-electron chi connectivity index (χ1n) is 8.99. The zero-order valence-corrected chi connectivity index (χ0v) is 19.2. The Morgan fingerprint density at radius 3 is 1.88 bits per heavy atom. The second kappa shape index (κ2) is 12.7. The second-order valence-electron chi connectivity index (χ2n) is 6.11. The van der Waals surface area contributed by atoms with Crippen molar-refractivity contribution in [2.45, 2.75) is 13.8 Å². The molecule has 0 aliphatic heterocycles. The van der Waals surface area contributed by atoms with Gasteiger partial charge in [-0.05, 0) is 28.1 Å². The highest BCUT2D eigenvalue weighted by Gasteiger charge is 2.18. The molecule has 0 spiro atoms. The topological polar surface area (TPSA) is 171 Å². The fraction of sp³-hybridized carbons (Fsp3) is 0.150. The number of nitro benzene ring substituents is 2. The number of carbonyl (C=O) groups is 3. The number of para-hydroxylation sites is 2. The summed E-state index contributed by atoms with van der Waals surface area (Å²) >= 11 is 3.12. The number of esters is 1. The summed E-state index contributed by atoms with van der Waals surface area (Å²) in [4.78, 5) is 53.2. The number of nitro groups is 2. The minimum Gasteiger partial charge on any atom is -0.466 e. The van der Waals surface area contributed by atoms with E-state index in [-0.39, 0.29) is 28.7 Å². The molecule has 0 aromatic heterocycles. The van der Waals surface area contributed by atoms with Gasteiger partial charge in [0.1, 0.15) is 11.4 Å². The van der Waals surface area contributed by atoms with E-state index in [0.29, 0.717) is 10.0 Å². The van der Waals surface area contributed by atoms with E-state index >= 15 is 0 Å². The number of anilines is 2. The summed E-state index contributed by atoms with van der Waals surface area (Å²) in [5.41, 5.74) is 0.191. The average Bonchev–Trinajstić information content (AvgIpc) is 2.73. The van der Waals surface area contributed by atoms with Gasteiger partial charge < -0.3 is 15.4 Å². The van der Waals surface area contributed by atoms with Crippen molar-refractivity contribution >= 4 is 62.5 Å². The van der Waals surface area contributed by atoms with Crippen molar-refractivity contribution in [2.24, 2.45) is 0 Å². The monoisotopic (exact) mass is 522 g/mol. The van der Waals surface area contributed by atoms with Crippen LogP contribution in [0.4, 0.5) is 22.7 Å². The van der Waals surface area contributed by atoms with Gasteiger partial charge in [0.25, 0.3) is 11.4 Å². The molecule has 0 saturated heterocycles. The van der Waals surface area contributed by atoms with Gasteiger partial charge in [0, 0.05) is 42.1 Å². The predicted octanol–water partition coefficient (Wildman–Crippen LogP) is 4.06. The summed E-state index contributed by atoms with van der Waals surface area (Å²) in [6.07, 6.45) is 2.45. The molecule has 0 radical (unpaired) electrons. The number of hydrogen-bond donors (Lipinski definition) is 2. The van der Waals surface area contributed by atoms with Crippen LogP contribution in [0.5, 0.6) is 0 Å². The van der Waals surface area contributed by atoms with Crippen molar-refractivity contribution in [3.8, 4) is 0 Å². The molecule has 0 heterocycles. The quantitative estimate of drug-likeness (QED) is 0.247. The van der Waals surface area contributed by atoms with E-state index < -0.39 is 21.7 Å². The summed E-state index contributed by atoms with van der Waals surface area (Å²) < 4.78 is 4.91. The Labute approximate surface area is 196 Å². The van der Waals surface area contributed by atoms with E-state index in [1.165, 1.54) is 57.4 Å². The highest BCUT2D eigenvalue weighted by atomic mass is 79.9. The lowest BCUT2D eigenvalue weighted by Crippen LogP contribution is -2.09. The number of nitrogens with one attached hydrogen (secondary N) is 2. The molecule has 0 aliphatic carbocycles. The molecule has 33 heavy (non-hydrogen) atoms. The van der Waals surface area contributed by atoms with Gasteiger partial charge in [0.15, 0.2) is 0 Å². The first-order chi connectivity index (χ1) is 15.5. The number of hydrogen-bond acceptors (Lipinski definition) is 8. The smallest absolute Gasteiger partial charge is 0.330 e. The molecule has 0 bridgehead atoms. The van der Waals surface area contributed by atoms with Gasteiger partial charge in [0.05, 0.1) is 17.0 Å². The third-order valence-corrected chi connectivity index (χ3v) is 4.32. The molecule has 2 rings (SSSR count). The minimum atomic E-state index is -0.610. The summed E-state index contributed by atoms with van der Waals surface area (Å²) in [6.45, 7) is 2.54. The maximum Gasteiger partial charge on any atom is 0.330 e. The van der Waals surface area contributed by atoms with E-state index in [0.717, 1.165) is 6.08 Å². The van der Waals surface area contributed by atoms with Crippen molar-refractivity contribution in [1.29, 1.82) is 0 Å². The summed E-state index contributed by atoms with van der Waals surface area (Å²) in [6, 6.07) is 8.75. The highest BCUT2D eigenvalue weighted by molar-refractivity contribution is 9.10. The van der Waals surface area contributed by atoms with Crippen LogP contribution in [0.3, 0.4) is 0 Å². The van der Waals surface area contributed by atoms with Gasteiger partial charge in [-0.15, -0.1) is 0 Å². The molecule has 0 fully saturated rings. The molecule has 13 heteroatoms. The van der Waals surface area contributed by atoms with Crippen molar-refractivity contribution in [1.82, 2.24) is 0 Å². The van der Waals surface area contributed by atoms with Gasteiger partial charge in [-0.25, -0.2) is 4.79 Å². The third-order valence-electron chi connectivity index (χ3n) is 3.66. The average molecular weight is 523 g/mol. The Morgan fingerprint density at radius 1 is 0.909 bits per heavy atom. The Hall–Kier alpha value is -4.13. The van der Waals surface area contributed by atoms with Crippen molar-refractivity contribution < 1.29 is 29.0 Å². The van der Waals surface area contributed by atoms with Crippen LogP contribution in [-0.4, -0.2) is 34.7 Å². The molecular weight excluding hydrogens is 504 g/mol. The van der Waals surface area contributed by atoms with E-state index in [1.54, 1.807) is 6.07 Å². The fourth-order valence-corrected chi connectivity index (χ4v) is 2.81. The zero-order valence-electron chi connectivity index (χ0n) is 17.7. The van der Waals surface area contributed by atoms with Gasteiger partial charge in [-0.1, -0.05) is 18.2 Å². The van der Waals surface area contributed by atoms with Crippen LogP contribution in [0, 0.1) is 20.2 Å². The summed E-state index contributed by atoms with van der Waals surface area (Å²) in [5, 5.41) is 26.3. The molecule has 0 unspecified atom stereocenters. The van der Waals surface area contributed by atoms with E-state index in [9.17, 15) is 34.6 Å². The first kappa shape index (κ1) is 26.9. The van der Waals surface area contributed by atoms with Crippen molar-refractivity contribution in [3.05, 3.63) is 72.7 Å². The highest BCUT2D eigenvalue weighted by Crippen LogP contribution is 2.32. The number of carbonyl (C=O) groups excluding carboxylic acids is 3. The maximum absolute atomic E-state index is 11.1. The fourth-order valence-electron chi connectivity index (χ4n) is 2.35. The van der Waals surface area contributed by atoms with E-state index in [4.69, 9.17) is 0 Å². The molecule has 2 aromatic carbocycles. The molecular formula is C20H19BrN4O8. The van der Waals surface area contributed by atoms with Crippen LogP contribution in [-0.2, 0) is 19.1 Å². The van der Waals surface area contributed by atoms with Crippen molar-refractivity contribution in [3.63, 3.8) is 0 Å². The number of rotatable bonds is 6. The number of ether oxygens (including phenoxy) is 1. The minimum absolute atomic E-state index is 0.0418. The standard InChI is InChI=1S/C12H12N2O5.C8H7BrN2O3/c1-8(15)13-12-9(6-7-11(16)19-2)4-3-5-10(12)14(17)18;1-5(12)10-8-6(9)3-2-4-7(8)11(13)14/h3-7H,1-2H3,(H,13,15);2-4H,1H3,(H,10,12)/b7-6+;. The maximum atomic E-state index is 11.1. The van der Waals surface area contributed by atoms with Gasteiger partial charge >= 0.3 is 5.97 Å². The lowest BCUT2D eigenvalue weighted by molar-refractivity contribution is -0.384. The number of benzene rings is 2. The first-order valence-corrected chi connectivity index (χ1v) is 9.78. The molecule has 174 valence electrons. The molecule has 0 saturated carbocycles. The number of methoxy groups -OCH3 is 1. The van der Waals surface area contributed by atoms with E-state index in [1.807, 2.05) is 0 Å². The number of amides is 2. The molecule has 2 aromatic rings. The third kappa shape index (κ3) is 8.49. The second-order valence-corrected chi connectivity index (χ2v) is 6.96. The largest absolute Gasteiger partial charge is 0.466 e. The van der Waals surface area contributed by atoms with Crippen LogP contribution < -0.4 is 10.6 Å². The van der Waals surface area contributed by atoms with Crippen molar-refractivity contribution in [2.75, 3.05) is 17.7 Å². The normalized spacial score (nSPS) is 9.94. The van der Waals surface area contributed by atoms with Crippen LogP contribution in [0.15, 0.2) is 46.9 Å². The lowest BCUT2D eigenvalue weighted by atomic mass is 10.1. The Bertz CT molecular complexity index is 1120. The van der Waals surface area contributed by atoms with Crippen LogP contribution >= 0.6 is 15.9 Å². The van der Waals surface area contributed by atoms with Gasteiger partial charge in [-0.3, -0.25) is 29.8 Å². The molecule has 0 aliphatic rings. The van der Waals surface area contributed by atoms with Crippen LogP contribution in [0.2, 0.25) is 0 Å². The summed E-state index contributed by atoms with van der Waals surface area (Å²) in [7, 11) is 1.22. The van der Waals surface area contributed by atoms with E-state index in [2.05, 4.69) is 31.3 Å². The van der Waals surface area contributed by atoms with Crippen LogP contribution in [0.1, 0.15) is 19.4 Å². The predicted molar refractivity (Wildman–Crippen MR) is 124 cm³/mol. The Balaban J connectivity index is 0.000000346. The lowest BCUT2D eigenvalue weighted by Gasteiger charge is -2.07. The molecule has 2 N–H and O–H groups in total. The molecule has 12 nitrogen and oxygen atoms in total. The summed E-state index contributed by atoms with van der Waals surface area (Å²) in [5.74, 6) is -1.39. The number of nitrogens with zero attached hydrogens (tertiary/aromatic N) is 2. The SMILES string of the molecule is CC(=O)Nc1c(Br)cccc1[N+](=O)[O-].COC(=O)/C=C/c1cccc([N+](=O)[O-])c1NC(C)=O. The zero-order chi connectivity index (χ0) is 25.1.